The van der Waals surface area contributed by atoms with Crippen molar-refractivity contribution in [1.82, 2.24) is 4.37 Å². The highest BCUT2D eigenvalue weighted by molar-refractivity contribution is 7.13. The van der Waals surface area contributed by atoms with Crippen LogP contribution in [-0.2, 0) is 10.2 Å². The molecule has 0 unspecified atom stereocenters. The average molecular weight is 211 g/mol. The second kappa shape index (κ2) is 2.81. The maximum absolute atomic E-state index is 11.0. The number of hydrogen-bond donors (Lipinski definition) is 1. The number of hydrogen-bond acceptors (Lipinski definition) is 4. The van der Waals surface area contributed by atoms with Gasteiger partial charge in [-0.2, -0.15) is 4.37 Å². The molecule has 0 saturated carbocycles. The summed E-state index contributed by atoms with van der Waals surface area (Å²) in [7, 11) is 0. The number of furan rings is 1. The minimum absolute atomic E-state index is 0.495. The number of fused-ring (bicyclic) bond motifs is 1. The third kappa shape index (κ3) is 1.13. The molecule has 0 bridgehead atoms. The Morgan fingerprint density at radius 3 is 3.00 bits per heavy atom. The largest absolute Gasteiger partial charge is 0.481 e. The topological polar surface area (TPSA) is 63.3 Å². The zero-order valence-electron chi connectivity index (χ0n) is 7.77. The van der Waals surface area contributed by atoms with E-state index in [0.717, 1.165) is 4.70 Å². The van der Waals surface area contributed by atoms with Crippen LogP contribution < -0.4 is 0 Å². The summed E-state index contributed by atoms with van der Waals surface area (Å²) in [5, 5.41) is 9.03. The van der Waals surface area contributed by atoms with Crippen LogP contribution in [0, 0.1) is 0 Å². The summed E-state index contributed by atoms with van der Waals surface area (Å²) in [6, 6.07) is 1.79. The summed E-state index contributed by atoms with van der Waals surface area (Å²) in [5.74, 6) is -0.902. The van der Waals surface area contributed by atoms with E-state index in [1.807, 2.05) is 0 Å². The molecule has 0 fully saturated rings. The zero-order valence-corrected chi connectivity index (χ0v) is 8.59. The van der Waals surface area contributed by atoms with Crippen molar-refractivity contribution in [3.05, 3.63) is 18.0 Å². The van der Waals surface area contributed by atoms with Crippen LogP contribution in [0.2, 0.25) is 0 Å². The van der Waals surface area contributed by atoms with Crippen LogP contribution in [0.4, 0.5) is 0 Å². The van der Waals surface area contributed by atoms with E-state index in [4.69, 9.17) is 9.52 Å². The van der Waals surface area contributed by atoms with Crippen molar-refractivity contribution in [3.63, 3.8) is 0 Å². The Bertz CT molecular complexity index is 483. The van der Waals surface area contributed by atoms with E-state index in [2.05, 4.69) is 4.37 Å². The van der Waals surface area contributed by atoms with Crippen molar-refractivity contribution in [3.8, 4) is 0 Å². The minimum atomic E-state index is -1.00. The molecule has 2 aromatic rings. The van der Waals surface area contributed by atoms with Crippen LogP contribution >= 0.6 is 11.5 Å². The van der Waals surface area contributed by atoms with Gasteiger partial charge in [-0.3, -0.25) is 4.79 Å². The second-order valence-corrected chi connectivity index (χ2v) is 4.38. The van der Waals surface area contributed by atoms with Gasteiger partial charge < -0.3 is 9.52 Å². The Morgan fingerprint density at radius 2 is 2.36 bits per heavy atom. The van der Waals surface area contributed by atoms with Crippen molar-refractivity contribution in [2.45, 2.75) is 19.3 Å². The smallest absolute Gasteiger partial charge is 0.315 e. The lowest BCUT2D eigenvalue weighted by Gasteiger charge is -2.15. The van der Waals surface area contributed by atoms with Crippen LogP contribution in [0.25, 0.3) is 10.3 Å². The SMILES string of the molecule is CC(C)(C(=O)O)c1nsc2ccoc12. The number of carboxylic acid groups (broad SMARTS) is 1. The van der Waals surface area contributed by atoms with Crippen molar-refractivity contribution in [1.29, 1.82) is 0 Å². The van der Waals surface area contributed by atoms with E-state index in [1.165, 1.54) is 11.5 Å². The van der Waals surface area contributed by atoms with Gasteiger partial charge in [0, 0.05) is 0 Å². The molecule has 0 aliphatic carbocycles. The molecule has 0 spiro atoms. The zero-order chi connectivity index (χ0) is 10.3. The Balaban J connectivity index is 2.64. The van der Waals surface area contributed by atoms with Gasteiger partial charge in [0.15, 0.2) is 5.58 Å². The van der Waals surface area contributed by atoms with Gasteiger partial charge in [-0.25, -0.2) is 0 Å². The van der Waals surface area contributed by atoms with Gasteiger partial charge in [0.25, 0.3) is 0 Å². The molecular formula is C9H9NO3S. The normalized spacial score (nSPS) is 12.1. The summed E-state index contributed by atoms with van der Waals surface area (Å²) in [6.45, 7) is 3.23. The monoisotopic (exact) mass is 211 g/mol. The Kier molecular flexibility index (Phi) is 1.85. The third-order valence-electron chi connectivity index (χ3n) is 2.21. The molecule has 0 aliphatic rings. The fraction of sp³-hybridized carbons (Fsp3) is 0.333. The van der Waals surface area contributed by atoms with Gasteiger partial charge >= 0.3 is 5.97 Å². The number of rotatable bonds is 2. The van der Waals surface area contributed by atoms with E-state index in [-0.39, 0.29) is 0 Å². The molecule has 0 aliphatic heterocycles. The van der Waals surface area contributed by atoms with Gasteiger partial charge in [0.05, 0.1) is 11.0 Å². The number of aromatic nitrogens is 1. The predicted octanol–water partition coefficient (Wildman–Crippen LogP) is 2.25. The van der Waals surface area contributed by atoms with Crippen LogP contribution in [0.1, 0.15) is 19.5 Å². The van der Waals surface area contributed by atoms with E-state index in [0.29, 0.717) is 11.3 Å². The van der Waals surface area contributed by atoms with Crippen molar-refractivity contribution < 1.29 is 14.3 Å². The number of aliphatic carboxylic acids is 1. The van der Waals surface area contributed by atoms with Crippen molar-refractivity contribution in [2.75, 3.05) is 0 Å². The Labute approximate surface area is 84.3 Å². The quantitative estimate of drug-likeness (QED) is 0.827. The molecule has 0 atom stereocenters. The summed E-state index contributed by atoms with van der Waals surface area (Å²) >= 11 is 1.26. The lowest BCUT2D eigenvalue weighted by molar-refractivity contribution is -0.142. The van der Waals surface area contributed by atoms with Crippen LogP contribution in [0.5, 0.6) is 0 Å². The van der Waals surface area contributed by atoms with Crippen LogP contribution in [0.3, 0.4) is 0 Å². The van der Waals surface area contributed by atoms with Gasteiger partial charge in [-0.1, -0.05) is 0 Å². The summed E-state index contributed by atoms with van der Waals surface area (Å²) in [6.07, 6.45) is 1.55. The molecule has 74 valence electrons. The molecule has 2 aromatic heterocycles. The first kappa shape index (κ1) is 9.21. The van der Waals surface area contributed by atoms with E-state index in [1.54, 1.807) is 26.2 Å². The molecule has 0 amide bonds. The molecule has 1 N–H and O–H groups in total. The minimum Gasteiger partial charge on any atom is -0.481 e. The molecule has 5 heteroatoms. The van der Waals surface area contributed by atoms with Gasteiger partial charge in [0.1, 0.15) is 11.1 Å². The Hall–Kier alpha value is -1.36. The highest BCUT2D eigenvalue weighted by Crippen LogP contribution is 2.32. The molecule has 2 heterocycles. The maximum Gasteiger partial charge on any atom is 0.315 e. The number of carbonyl (C=O) groups is 1. The summed E-state index contributed by atoms with van der Waals surface area (Å²) < 4.78 is 10.2. The maximum atomic E-state index is 11.0. The third-order valence-corrected chi connectivity index (χ3v) is 3.00. The van der Waals surface area contributed by atoms with E-state index in [9.17, 15) is 4.79 Å². The first-order valence-electron chi connectivity index (χ1n) is 4.10. The lowest BCUT2D eigenvalue weighted by Crippen LogP contribution is -2.28. The Morgan fingerprint density at radius 1 is 1.64 bits per heavy atom. The predicted molar refractivity (Wildman–Crippen MR) is 52.5 cm³/mol. The van der Waals surface area contributed by atoms with Crippen molar-refractivity contribution in [2.24, 2.45) is 0 Å². The highest BCUT2D eigenvalue weighted by Gasteiger charge is 2.35. The lowest BCUT2D eigenvalue weighted by atomic mass is 9.89. The summed E-state index contributed by atoms with van der Waals surface area (Å²) in [4.78, 5) is 11.0. The first-order valence-corrected chi connectivity index (χ1v) is 4.87. The fourth-order valence-electron chi connectivity index (χ4n) is 1.18. The van der Waals surface area contributed by atoms with Crippen LogP contribution in [-0.4, -0.2) is 15.4 Å². The second-order valence-electron chi connectivity index (χ2n) is 3.58. The van der Waals surface area contributed by atoms with Crippen LogP contribution in [0.15, 0.2) is 16.7 Å². The molecule has 4 nitrogen and oxygen atoms in total. The van der Waals surface area contributed by atoms with Crippen molar-refractivity contribution >= 4 is 27.8 Å². The average Bonchev–Trinajstić information content (AvgIpc) is 2.61. The highest BCUT2D eigenvalue weighted by atomic mass is 32.1. The first-order chi connectivity index (χ1) is 6.53. The van der Waals surface area contributed by atoms with E-state index < -0.39 is 11.4 Å². The molecular weight excluding hydrogens is 202 g/mol. The number of carboxylic acids is 1. The molecule has 0 saturated heterocycles. The molecule has 0 aromatic carbocycles. The van der Waals surface area contributed by atoms with E-state index >= 15 is 0 Å². The van der Waals surface area contributed by atoms with Gasteiger partial charge in [0.2, 0.25) is 0 Å². The fourth-order valence-corrected chi connectivity index (χ4v) is 2.02. The van der Waals surface area contributed by atoms with Gasteiger partial charge in [-0.05, 0) is 31.4 Å². The molecule has 0 radical (unpaired) electrons. The van der Waals surface area contributed by atoms with Gasteiger partial charge in [-0.15, -0.1) is 0 Å². The molecule has 14 heavy (non-hydrogen) atoms. The summed E-state index contributed by atoms with van der Waals surface area (Å²) in [5.41, 5.74) is 0.0771. The number of nitrogens with zero attached hydrogens (tertiary/aromatic N) is 1. The molecule has 2 rings (SSSR count). The standard InChI is InChI=1S/C9H9NO3S/c1-9(2,8(11)12)7-6-5(14-10-7)3-4-13-6/h3-4H,1-2H3,(H,11,12).